The van der Waals surface area contributed by atoms with Crippen LogP contribution in [0.15, 0.2) is 27.7 Å². The second-order valence-electron chi connectivity index (χ2n) is 3.14. The van der Waals surface area contributed by atoms with E-state index < -0.39 is 0 Å². The van der Waals surface area contributed by atoms with Crippen LogP contribution in [0.4, 0.5) is 0 Å². The highest BCUT2D eigenvalue weighted by Crippen LogP contribution is 2.15. The van der Waals surface area contributed by atoms with E-state index in [0.717, 1.165) is 10.6 Å². The number of nitrogens with zero attached hydrogens (tertiary/aromatic N) is 2. The fourth-order valence-corrected chi connectivity index (χ4v) is 1.84. The van der Waals surface area contributed by atoms with E-state index in [2.05, 4.69) is 24.1 Å². The first-order valence-corrected chi connectivity index (χ1v) is 5.19. The summed E-state index contributed by atoms with van der Waals surface area (Å²) in [5, 5.41) is 9.70. The molecule has 0 unspecified atom stereocenters. The van der Waals surface area contributed by atoms with Crippen LogP contribution in [0.2, 0.25) is 0 Å². The van der Waals surface area contributed by atoms with Crippen LogP contribution in [0, 0.1) is 5.92 Å². The summed E-state index contributed by atoms with van der Waals surface area (Å²) in [4.78, 5) is 1.10. The summed E-state index contributed by atoms with van der Waals surface area (Å²) in [5.74, 6) is 0.288. The van der Waals surface area contributed by atoms with Gasteiger partial charge in [0.2, 0.25) is 5.96 Å². The standard InChI is InChI=1S/C9H14N4S/c1-6(2)8(12-13-9(10)11)7-4-3-5-14-7/h3-6H,1-2H3,(H4,10,11,13)/b12-8-. The Morgan fingerprint density at radius 1 is 1.36 bits per heavy atom. The molecule has 0 aliphatic carbocycles. The molecule has 1 aromatic rings. The Balaban J connectivity index is 2.97. The molecule has 0 saturated heterocycles. The Labute approximate surface area is 87.3 Å². The first kappa shape index (κ1) is 10.7. The van der Waals surface area contributed by atoms with Gasteiger partial charge in [0, 0.05) is 0 Å². The Morgan fingerprint density at radius 2 is 2.07 bits per heavy atom. The summed E-state index contributed by atoms with van der Waals surface area (Å²) >= 11 is 1.63. The minimum atomic E-state index is -0.0142. The molecule has 1 rings (SSSR count). The fourth-order valence-electron chi connectivity index (χ4n) is 0.985. The van der Waals surface area contributed by atoms with E-state index in [1.165, 1.54) is 0 Å². The SMILES string of the molecule is CC(C)/C(=N/N=C(N)N)c1cccs1. The largest absolute Gasteiger partial charge is 0.369 e. The van der Waals surface area contributed by atoms with Gasteiger partial charge >= 0.3 is 0 Å². The van der Waals surface area contributed by atoms with Crippen molar-refractivity contribution >= 4 is 23.0 Å². The van der Waals surface area contributed by atoms with Crippen molar-refractivity contribution in [2.75, 3.05) is 0 Å². The second-order valence-corrected chi connectivity index (χ2v) is 4.09. The average molecular weight is 210 g/mol. The number of guanidine groups is 1. The maximum absolute atomic E-state index is 5.22. The minimum absolute atomic E-state index is 0.0142. The third-order valence-electron chi connectivity index (χ3n) is 1.59. The van der Waals surface area contributed by atoms with Gasteiger partial charge < -0.3 is 11.5 Å². The van der Waals surface area contributed by atoms with Crippen molar-refractivity contribution in [1.82, 2.24) is 0 Å². The number of rotatable bonds is 3. The van der Waals surface area contributed by atoms with Crippen LogP contribution < -0.4 is 11.5 Å². The van der Waals surface area contributed by atoms with Crippen molar-refractivity contribution in [3.05, 3.63) is 22.4 Å². The molecule has 0 atom stereocenters. The zero-order valence-electron chi connectivity index (χ0n) is 8.27. The predicted molar refractivity (Wildman–Crippen MR) is 61.5 cm³/mol. The van der Waals surface area contributed by atoms with Crippen LogP contribution in [0.25, 0.3) is 0 Å². The van der Waals surface area contributed by atoms with Crippen LogP contribution in [0.5, 0.6) is 0 Å². The van der Waals surface area contributed by atoms with Crippen LogP contribution >= 0.6 is 11.3 Å². The molecule has 0 fully saturated rings. The van der Waals surface area contributed by atoms with E-state index in [1.54, 1.807) is 11.3 Å². The van der Waals surface area contributed by atoms with Gasteiger partial charge in [0.15, 0.2) is 0 Å². The summed E-state index contributed by atoms with van der Waals surface area (Å²) < 4.78 is 0. The maximum Gasteiger partial charge on any atom is 0.211 e. The highest BCUT2D eigenvalue weighted by atomic mass is 32.1. The molecule has 0 aromatic carbocycles. The minimum Gasteiger partial charge on any atom is -0.369 e. The third kappa shape index (κ3) is 2.85. The quantitative estimate of drug-likeness (QED) is 0.449. The van der Waals surface area contributed by atoms with Crippen molar-refractivity contribution in [3.8, 4) is 0 Å². The summed E-state index contributed by atoms with van der Waals surface area (Å²) in [5.41, 5.74) is 11.3. The number of hydrogen-bond donors (Lipinski definition) is 2. The molecule has 0 amide bonds. The zero-order valence-corrected chi connectivity index (χ0v) is 9.08. The second kappa shape index (κ2) is 4.76. The third-order valence-corrected chi connectivity index (χ3v) is 2.49. The van der Waals surface area contributed by atoms with Crippen LogP contribution in [0.1, 0.15) is 18.7 Å². The maximum atomic E-state index is 5.22. The summed E-state index contributed by atoms with van der Waals surface area (Å²) in [6, 6.07) is 3.99. The van der Waals surface area contributed by atoms with Crippen molar-refractivity contribution < 1.29 is 0 Å². The van der Waals surface area contributed by atoms with Crippen molar-refractivity contribution in [3.63, 3.8) is 0 Å². The lowest BCUT2D eigenvalue weighted by Gasteiger charge is -2.05. The lowest BCUT2D eigenvalue weighted by molar-refractivity contribution is 0.878. The van der Waals surface area contributed by atoms with Gasteiger partial charge in [-0.25, -0.2) is 0 Å². The van der Waals surface area contributed by atoms with Crippen LogP contribution in [-0.2, 0) is 0 Å². The monoisotopic (exact) mass is 210 g/mol. The fraction of sp³-hybridized carbons (Fsp3) is 0.333. The predicted octanol–water partition coefficient (Wildman–Crippen LogP) is 1.38. The smallest absolute Gasteiger partial charge is 0.211 e. The molecule has 4 nitrogen and oxygen atoms in total. The Bertz CT molecular complexity index is 334. The Morgan fingerprint density at radius 3 is 2.50 bits per heavy atom. The van der Waals surface area contributed by atoms with Gasteiger partial charge in [-0.2, -0.15) is 5.10 Å². The number of nitrogens with two attached hydrogens (primary N) is 2. The molecular weight excluding hydrogens is 196 g/mol. The van der Waals surface area contributed by atoms with Crippen molar-refractivity contribution in [2.24, 2.45) is 27.6 Å². The molecule has 0 saturated carbocycles. The Hall–Kier alpha value is -1.36. The van der Waals surface area contributed by atoms with E-state index in [-0.39, 0.29) is 5.96 Å². The molecular formula is C9H14N4S. The molecule has 5 heteroatoms. The van der Waals surface area contributed by atoms with Gasteiger partial charge in [0.05, 0.1) is 10.6 Å². The molecule has 1 heterocycles. The van der Waals surface area contributed by atoms with E-state index >= 15 is 0 Å². The molecule has 0 radical (unpaired) electrons. The van der Waals surface area contributed by atoms with E-state index in [1.807, 2.05) is 17.5 Å². The van der Waals surface area contributed by atoms with Gasteiger partial charge in [-0.1, -0.05) is 19.9 Å². The molecule has 0 bridgehead atoms. The van der Waals surface area contributed by atoms with Gasteiger partial charge in [-0.05, 0) is 17.4 Å². The van der Waals surface area contributed by atoms with Crippen LogP contribution in [0.3, 0.4) is 0 Å². The zero-order chi connectivity index (χ0) is 10.6. The highest BCUT2D eigenvalue weighted by molar-refractivity contribution is 7.12. The van der Waals surface area contributed by atoms with Gasteiger partial charge in [0.1, 0.15) is 0 Å². The average Bonchev–Trinajstić information content (AvgIpc) is 2.56. The highest BCUT2D eigenvalue weighted by Gasteiger charge is 2.09. The van der Waals surface area contributed by atoms with Crippen LogP contribution in [-0.4, -0.2) is 11.7 Å². The molecule has 0 aliphatic rings. The van der Waals surface area contributed by atoms with E-state index in [0.29, 0.717) is 5.92 Å². The van der Waals surface area contributed by atoms with E-state index in [9.17, 15) is 0 Å². The van der Waals surface area contributed by atoms with Crippen molar-refractivity contribution in [2.45, 2.75) is 13.8 Å². The lowest BCUT2D eigenvalue weighted by Crippen LogP contribution is -2.22. The van der Waals surface area contributed by atoms with Crippen molar-refractivity contribution in [1.29, 1.82) is 0 Å². The molecule has 1 aromatic heterocycles. The molecule has 76 valence electrons. The Kier molecular flexibility index (Phi) is 3.64. The van der Waals surface area contributed by atoms with Gasteiger partial charge in [-0.15, -0.1) is 16.4 Å². The molecule has 0 spiro atoms. The molecule has 14 heavy (non-hydrogen) atoms. The summed E-state index contributed by atoms with van der Waals surface area (Å²) in [6.07, 6.45) is 0. The topological polar surface area (TPSA) is 76.8 Å². The first-order valence-electron chi connectivity index (χ1n) is 4.31. The summed E-state index contributed by atoms with van der Waals surface area (Å²) in [7, 11) is 0. The number of hydrogen-bond acceptors (Lipinski definition) is 3. The van der Waals surface area contributed by atoms with Gasteiger partial charge in [-0.3, -0.25) is 0 Å². The summed E-state index contributed by atoms with van der Waals surface area (Å²) in [6.45, 7) is 4.11. The normalized spacial score (nSPS) is 11.8. The molecule has 0 aliphatic heterocycles. The van der Waals surface area contributed by atoms with E-state index in [4.69, 9.17) is 11.5 Å². The molecule has 4 N–H and O–H groups in total. The van der Waals surface area contributed by atoms with Gasteiger partial charge in [0.25, 0.3) is 0 Å². The first-order chi connectivity index (χ1) is 6.61. The number of thiophene rings is 1. The lowest BCUT2D eigenvalue weighted by atomic mass is 10.1.